The number of nitrogens with zero attached hydrogens (tertiary/aromatic N) is 1. The first-order valence-corrected chi connectivity index (χ1v) is 9.10. The number of carboxylic acids is 1. The molecule has 9 nitrogen and oxygen atoms in total. The fourth-order valence-corrected chi connectivity index (χ4v) is 2.85. The zero-order valence-electron chi connectivity index (χ0n) is 13.6. The molecule has 2 rings (SSSR count). The number of benzene rings is 2. The lowest BCUT2D eigenvalue weighted by Crippen LogP contribution is -2.13. The second kappa shape index (κ2) is 7.93. The summed E-state index contributed by atoms with van der Waals surface area (Å²) in [6.45, 7) is 0.413. The number of sulfonamides is 1. The van der Waals surface area contributed by atoms with Crippen LogP contribution in [0.25, 0.3) is 0 Å². The van der Waals surface area contributed by atoms with Gasteiger partial charge >= 0.3 is 5.97 Å². The van der Waals surface area contributed by atoms with E-state index in [0.717, 1.165) is 11.6 Å². The van der Waals surface area contributed by atoms with E-state index in [0.29, 0.717) is 19.4 Å². The van der Waals surface area contributed by atoms with Crippen molar-refractivity contribution in [2.45, 2.75) is 17.7 Å². The summed E-state index contributed by atoms with van der Waals surface area (Å²) in [4.78, 5) is 20.9. The molecule has 10 heteroatoms. The van der Waals surface area contributed by atoms with Gasteiger partial charge in [-0.2, -0.15) is 0 Å². The van der Waals surface area contributed by atoms with Crippen LogP contribution in [0.2, 0.25) is 0 Å². The zero-order chi connectivity index (χ0) is 19.3. The molecule has 0 aliphatic carbocycles. The van der Waals surface area contributed by atoms with E-state index in [1.165, 1.54) is 24.3 Å². The number of carboxylic acid groups (broad SMARTS) is 1. The van der Waals surface area contributed by atoms with E-state index in [9.17, 15) is 23.3 Å². The number of primary sulfonamides is 1. The first-order chi connectivity index (χ1) is 12.2. The van der Waals surface area contributed by atoms with Gasteiger partial charge < -0.3 is 10.4 Å². The molecule has 0 amide bonds. The molecule has 4 N–H and O–H groups in total. The van der Waals surface area contributed by atoms with Crippen LogP contribution in [0.3, 0.4) is 0 Å². The fraction of sp³-hybridized carbons (Fsp3) is 0.188. The molecular weight excluding hydrogens is 362 g/mol. The number of hydrogen-bond donors (Lipinski definition) is 3. The Bertz CT molecular complexity index is 926. The average Bonchev–Trinajstić information content (AvgIpc) is 2.58. The molecule has 0 fully saturated rings. The highest BCUT2D eigenvalue weighted by molar-refractivity contribution is 7.89. The van der Waals surface area contributed by atoms with E-state index in [-0.39, 0.29) is 21.8 Å². The van der Waals surface area contributed by atoms with E-state index in [2.05, 4.69) is 5.32 Å². The number of nitrogens with one attached hydrogen (secondary N) is 1. The van der Waals surface area contributed by atoms with Gasteiger partial charge in [0.15, 0.2) is 0 Å². The van der Waals surface area contributed by atoms with Crippen LogP contribution >= 0.6 is 0 Å². The number of aromatic carboxylic acids is 1. The highest BCUT2D eigenvalue weighted by Gasteiger charge is 2.18. The maximum Gasteiger partial charge on any atom is 0.335 e. The molecule has 0 aromatic heterocycles. The summed E-state index contributed by atoms with van der Waals surface area (Å²) in [5.41, 5.74) is 0.972. The number of nitro groups is 1. The lowest BCUT2D eigenvalue weighted by atomic mass is 10.1. The minimum atomic E-state index is -4.02. The topological polar surface area (TPSA) is 153 Å². The van der Waals surface area contributed by atoms with Crippen molar-refractivity contribution < 1.29 is 23.2 Å². The molecule has 0 saturated heterocycles. The van der Waals surface area contributed by atoms with Crippen molar-refractivity contribution >= 4 is 27.4 Å². The van der Waals surface area contributed by atoms with E-state index >= 15 is 0 Å². The summed E-state index contributed by atoms with van der Waals surface area (Å²) >= 11 is 0. The van der Waals surface area contributed by atoms with Gasteiger partial charge in [-0.25, -0.2) is 18.4 Å². The van der Waals surface area contributed by atoms with E-state index < -0.39 is 20.9 Å². The molecule has 0 bridgehead atoms. The van der Waals surface area contributed by atoms with Crippen LogP contribution in [0.1, 0.15) is 22.3 Å². The average molecular weight is 379 g/mol. The smallest absolute Gasteiger partial charge is 0.335 e. The normalized spacial score (nSPS) is 11.1. The van der Waals surface area contributed by atoms with Gasteiger partial charge in [-0.3, -0.25) is 10.1 Å². The summed E-state index contributed by atoms with van der Waals surface area (Å²) in [6, 6.07) is 9.89. The number of carbonyl (C=O) groups is 1. The second-order valence-corrected chi connectivity index (χ2v) is 7.07. The first-order valence-electron chi connectivity index (χ1n) is 7.56. The molecule has 0 saturated carbocycles. The molecule has 0 aliphatic rings. The van der Waals surface area contributed by atoms with Gasteiger partial charge in [0.05, 0.1) is 15.4 Å². The minimum absolute atomic E-state index is 0.198. The van der Waals surface area contributed by atoms with Crippen molar-refractivity contribution in [2.24, 2.45) is 5.14 Å². The summed E-state index contributed by atoms with van der Waals surface area (Å²) < 4.78 is 22.6. The molecule has 0 radical (unpaired) electrons. The van der Waals surface area contributed by atoms with Crippen LogP contribution in [0.4, 0.5) is 11.4 Å². The van der Waals surface area contributed by atoms with E-state index in [1.807, 2.05) is 0 Å². The van der Waals surface area contributed by atoms with Gasteiger partial charge in [-0.1, -0.05) is 12.1 Å². The van der Waals surface area contributed by atoms with Crippen molar-refractivity contribution in [1.82, 2.24) is 0 Å². The minimum Gasteiger partial charge on any atom is -0.478 e. The fourth-order valence-electron chi connectivity index (χ4n) is 2.32. The zero-order valence-corrected chi connectivity index (χ0v) is 14.4. The molecule has 0 atom stereocenters. The largest absolute Gasteiger partial charge is 0.478 e. The Labute approximate surface area is 149 Å². The Hall–Kier alpha value is -2.98. The Morgan fingerprint density at radius 3 is 2.38 bits per heavy atom. The van der Waals surface area contributed by atoms with Gasteiger partial charge in [-0.15, -0.1) is 0 Å². The monoisotopic (exact) mass is 379 g/mol. The van der Waals surface area contributed by atoms with Crippen LogP contribution in [0, 0.1) is 10.1 Å². The summed E-state index contributed by atoms with van der Waals surface area (Å²) in [6.07, 6.45) is 1.29. The molecule has 0 spiro atoms. The van der Waals surface area contributed by atoms with Gasteiger partial charge in [0, 0.05) is 12.6 Å². The van der Waals surface area contributed by atoms with Gasteiger partial charge in [0.25, 0.3) is 5.69 Å². The lowest BCUT2D eigenvalue weighted by molar-refractivity contribution is -0.384. The number of hydrogen-bond acceptors (Lipinski definition) is 6. The lowest BCUT2D eigenvalue weighted by Gasteiger charge is -2.08. The van der Waals surface area contributed by atoms with Gasteiger partial charge in [0.1, 0.15) is 5.69 Å². The third-order valence-corrected chi connectivity index (χ3v) is 4.56. The van der Waals surface area contributed by atoms with Gasteiger partial charge in [0.2, 0.25) is 10.0 Å². The number of nitrogens with two attached hydrogens (primary N) is 1. The van der Waals surface area contributed by atoms with Crippen LogP contribution in [-0.4, -0.2) is 31.0 Å². The number of rotatable bonds is 8. The van der Waals surface area contributed by atoms with Crippen molar-refractivity contribution in [3.05, 3.63) is 63.7 Å². The predicted molar refractivity (Wildman–Crippen MR) is 94.7 cm³/mol. The number of aryl methyl sites for hydroxylation is 1. The maximum atomic E-state index is 11.3. The van der Waals surface area contributed by atoms with Crippen molar-refractivity contribution in [3.63, 3.8) is 0 Å². The number of nitro benzene ring substituents is 1. The Morgan fingerprint density at radius 2 is 1.85 bits per heavy atom. The summed E-state index contributed by atoms with van der Waals surface area (Å²) in [5, 5.41) is 27.9. The third kappa shape index (κ3) is 5.01. The molecule has 2 aromatic rings. The highest BCUT2D eigenvalue weighted by atomic mass is 32.2. The second-order valence-electron chi connectivity index (χ2n) is 5.51. The summed E-state index contributed by atoms with van der Waals surface area (Å²) in [5.74, 6) is -0.992. The van der Waals surface area contributed by atoms with Gasteiger partial charge in [-0.05, 0) is 42.7 Å². The SMILES string of the molecule is NS(=O)(=O)c1ccc(NCCCc2ccc(C(=O)O)cc2)c([N+](=O)[O-])c1. The molecule has 138 valence electrons. The summed E-state index contributed by atoms with van der Waals surface area (Å²) in [7, 11) is -4.02. The molecule has 0 aliphatic heterocycles. The van der Waals surface area contributed by atoms with Crippen LogP contribution in [-0.2, 0) is 16.4 Å². The quantitative estimate of drug-likeness (QED) is 0.360. The van der Waals surface area contributed by atoms with Crippen molar-refractivity contribution in [2.75, 3.05) is 11.9 Å². The predicted octanol–water partition coefficient (Wildman–Crippen LogP) is 1.99. The van der Waals surface area contributed by atoms with Crippen molar-refractivity contribution in [3.8, 4) is 0 Å². The van der Waals surface area contributed by atoms with Crippen LogP contribution in [0.15, 0.2) is 47.4 Å². The van der Waals surface area contributed by atoms with E-state index in [4.69, 9.17) is 10.2 Å². The molecule has 0 heterocycles. The first kappa shape index (κ1) is 19.3. The molecule has 26 heavy (non-hydrogen) atoms. The van der Waals surface area contributed by atoms with Crippen molar-refractivity contribution in [1.29, 1.82) is 0 Å². The highest BCUT2D eigenvalue weighted by Crippen LogP contribution is 2.27. The Balaban J connectivity index is 1.98. The number of anilines is 1. The van der Waals surface area contributed by atoms with E-state index in [1.54, 1.807) is 12.1 Å². The maximum absolute atomic E-state index is 11.3. The Morgan fingerprint density at radius 1 is 1.19 bits per heavy atom. The van der Waals surface area contributed by atoms with Crippen LogP contribution in [0.5, 0.6) is 0 Å². The molecular formula is C16H17N3O6S. The van der Waals surface area contributed by atoms with Crippen LogP contribution < -0.4 is 10.5 Å². The Kier molecular flexibility index (Phi) is 5.90. The third-order valence-electron chi connectivity index (χ3n) is 3.65. The molecule has 2 aromatic carbocycles. The standard InChI is InChI=1S/C16H17N3O6S/c17-26(24,25)13-7-8-14(15(10-13)19(22)23)18-9-1-2-11-3-5-12(6-4-11)16(20)21/h3-8,10,18H,1-2,9H2,(H,20,21)(H2,17,24,25). The molecule has 0 unspecified atom stereocenters.